The number of thiazole rings is 1. The lowest BCUT2D eigenvalue weighted by Crippen LogP contribution is -2.31. The highest BCUT2D eigenvalue weighted by Crippen LogP contribution is 2.50. The van der Waals surface area contributed by atoms with Crippen molar-refractivity contribution in [3.8, 4) is 22.1 Å². The highest BCUT2D eigenvalue weighted by molar-refractivity contribution is 7.21. The molecule has 4 aromatic rings. The number of ether oxygens (including phenoxy) is 2. The number of aromatic nitrogens is 1. The fourth-order valence-corrected chi connectivity index (χ4v) is 6.13. The SMILES string of the molecule is CC(C)(COCc1ccc(-c2nc3ccccc3s2)c(O)c1)C1=C(c2cccc(O)c2)OCC1(C)C. The maximum atomic E-state index is 10.7. The number of fused-ring (bicyclic) bond motifs is 1. The van der Waals surface area contributed by atoms with Crippen LogP contribution in [-0.4, -0.2) is 28.4 Å². The van der Waals surface area contributed by atoms with E-state index in [9.17, 15) is 10.2 Å². The van der Waals surface area contributed by atoms with Crippen molar-refractivity contribution in [1.29, 1.82) is 0 Å². The molecule has 0 amide bonds. The molecule has 1 aromatic heterocycles. The summed E-state index contributed by atoms with van der Waals surface area (Å²) in [5.41, 5.74) is 4.15. The molecule has 2 heterocycles. The Labute approximate surface area is 215 Å². The first-order valence-electron chi connectivity index (χ1n) is 12.1. The Bertz CT molecular complexity index is 1420. The lowest BCUT2D eigenvalue weighted by atomic mass is 9.70. The first-order chi connectivity index (χ1) is 17.1. The van der Waals surface area contributed by atoms with Crippen LogP contribution in [-0.2, 0) is 16.1 Å². The van der Waals surface area contributed by atoms with Crippen LogP contribution >= 0.6 is 11.3 Å². The van der Waals surface area contributed by atoms with E-state index >= 15 is 0 Å². The Morgan fingerprint density at radius 2 is 1.83 bits per heavy atom. The van der Waals surface area contributed by atoms with Crippen LogP contribution in [0.2, 0.25) is 0 Å². The smallest absolute Gasteiger partial charge is 0.128 e. The van der Waals surface area contributed by atoms with Crippen molar-refractivity contribution in [3.05, 3.63) is 83.4 Å². The predicted molar refractivity (Wildman–Crippen MR) is 145 cm³/mol. The summed E-state index contributed by atoms with van der Waals surface area (Å²) < 4.78 is 13.4. The molecule has 0 aliphatic carbocycles. The molecule has 0 unspecified atom stereocenters. The second kappa shape index (κ2) is 9.26. The molecular formula is C30H31NO4S. The highest BCUT2D eigenvalue weighted by Gasteiger charge is 2.43. The van der Waals surface area contributed by atoms with Gasteiger partial charge in [-0.15, -0.1) is 11.3 Å². The Morgan fingerprint density at radius 1 is 1.03 bits per heavy atom. The van der Waals surface area contributed by atoms with Crippen molar-refractivity contribution in [3.63, 3.8) is 0 Å². The van der Waals surface area contributed by atoms with Crippen LogP contribution in [0.3, 0.4) is 0 Å². The summed E-state index contributed by atoms with van der Waals surface area (Å²) in [4.78, 5) is 4.66. The second-order valence-corrected chi connectivity index (χ2v) is 11.7. The van der Waals surface area contributed by atoms with Crippen LogP contribution in [0.5, 0.6) is 11.5 Å². The molecule has 1 aliphatic heterocycles. The number of para-hydroxylation sites is 1. The van der Waals surface area contributed by atoms with E-state index in [1.165, 1.54) is 5.57 Å². The van der Waals surface area contributed by atoms with E-state index in [0.717, 1.165) is 37.7 Å². The minimum atomic E-state index is -0.302. The zero-order valence-corrected chi connectivity index (χ0v) is 21.9. The highest BCUT2D eigenvalue weighted by atomic mass is 32.1. The minimum absolute atomic E-state index is 0.162. The molecule has 0 saturated carbocycles. The van der Waals surface area contributed by atoms with E-state index in [1.54, 1.807) is 29.5 Å². The van der Waals surface area contributed by atoms with Gasteiger partial charge in [0.2, 0.25) is 0 Å². The van der Waals surface area contributed by atoms with E-state index in [2.05, 4.69) is 32.7 Å². The van der Waals surface area contributed by atoms with E-state index in [0.29, 0.717) is 19.8 Å². The molecular weight excluding hydrogens is 470 g/mol. The first-order valence-corrected chi connectivity index (χ1v) is 12.9. The number of hydrogen-bond acceptors (Lipinski definition) is 6. The molecule has 5 rings (SSSR count). The lowest BCUT2D eigenvalue weighted by Gasteiger charge is -2.34. The normalized spacial score (nSPS) is 15.4. The maximum absolute atomic E-state index is 10.7. The molecule has 0 radical (unpaired) electrons. The van der Waals surface area contributed by atoms with Crippen molar-refractivity contribution >= 4 is 27.3 Å². The van der Waals surface area contributed by atoms with Gasteiger partial charge in [-0.2, -0.15) is 0 Å². The first kappa shape index (κ1) is 24.3. The summed E-state index contributed by atoms with van der Waals surface area (Å²) in [6.07, 6.45) is 0. The fourth-order valence-electron chi connectivity index (χ4n) is 5.13. The van der Waals surface area contributed by atoms with E-state index < -0.39 is 0 Å². The van der Waals surface area contributed by atoms with E-state index in [1.807, 2.05) is 48.5 Å². The number of rotatable bonds is 7. The Kier molecular flexibility index (Phi) is 6.27. The largest absolute Gasteiger partial charge is 0.508 e. The molecule has 2 N–H and O–H groups in total. The van der Waals surface area contributed by atoms with Crippen LogP contribution in [0.1, 0.15) is 38.8 Å². The van der Waals surface area contributed by atoms with Gasteiger partial charge in [-0.1, -0.05) is 58.0 Å². The second-order valence-electron chi connectivity index (χ2n) is 10.6. The molecule has 0 saturated heterocycles. The summed E-state index contributed by atoms with van der Waals surface area (Å²) in [7, 11) is 0. The Morgan fingerprint density at radius 3 is 2.58 bits per heavy atom. The van der Waals surface area contributed by atoms with Crippen LogP contribution in [0.4, 0.5) is 0 Å². The fraction of sp³-hybridized carbons (Fsp3) is 0.300. The number of hydrogen-bond donors (Lipinski definition) is 2. The van der Waals surface area contributed by atoms with Crippen LogP contribution in [0, 0.1) is 10.8 Å². The molecule has 1 aliphatic rings. The maximum Gasteiger partial charge on any atom is 0.128 e. The standard InChI is InChI=1S/C30H31NO4S/c1-29(2,27-26(35-18-30(27,3)4)20-8-7-9-21(32)15-20)17-34-16-19-12-13-22(24(33)14-19)28-31-23-10-5-6-11-25(23)36-28/h5-15,32-33H,16-18H2,1-4H3. The van der Waals surface area contributed by atoms with Gasteiger partial charge in [-0.05, 0) is 47.5 Å². The third-order valence-electron chi connectivity index (χ3n) is 6.58. The van der Waals surface area contributed by atoms with Crippen molar-refractivity contribution in [2.24, 2.45) is 10.8 Å². The molecule has 3 aromatic carbocycles. The summed E-state index contributed by atoms with van der Waals surface area (Å²) in [5, 5.41) is 21.5. The number of benzene rings is 3. The van der Waals surface area contributed by atoms with Crippen molar-refractivity contribution < 1.29 is 19.7 Å². The summed E-state index contributed by atoms with van der Waals surface area (Å²) in [6, 6.07) is 20.8. The molecule has 5 nitrogen and oxygen atoms in total. The Balaban J connectivity index is 1.32. The van der Waals surface area contributed by atoms with Crippen LogP contribution < -0.4 is 0 Å². The van der Waals surface area contributed by atoms with Gasteiger partial charge in [0, 0.05) is 16.4 Å². The number of phenols is 2. The van der Waals surface area contributed by atoms with Gasteiger partial charge in [0.1, 0.15) is 22.3 Å². The van der Waals surface area contributed by atoms with E-state index in [-0.39, 0.29) is 22.3 Å². The average molecular weight is 502 g/mol. The summed E-state index contributed by atoms with van der Waals surface area (Å²) in [6.45, 7) is 10.1. The lowest BCUT2D eigenvalue weighted by molar-refractivity contribution is 0.0594. The van der Waals surface area contributed by atoms with Gasteiger partial charge in [0.15, 0.2) is 0 Å². The van der Waals surface area contributed by atoms with Crippen molar-refractivity contribution in [2.75, 3.05) is 13.2 Å². The van der Waals surface area contributed by atoms with Gasteiger partial charge in [0.05, 0.1) is 35.6 Å². The molecule has 0 atom stereocenters. The zero-order chi connectivity index (χ0) is 25.5. The van der Waals surface area contributed by atoms with Gasteiger partial charge < -0.3 is 19.7 Å². The third-order valence-corrected chi connectivity index (χ3v) is 7.65. The number of nitrogens with zero attached hydrogens (tertiary/aromatic N) is 1. The predicted octanol–water partition coefficient (Wildman–Crippen LogP) is 7.39. The Hall–Kier alpha value is -3.35. The van der Waals surface area contributed by atoms with Crippen LogP contribution in [0.25, 0.3) is 26.5 Å². The monoisotopic (exact) mass is 501 g/mol. The van der Waals surface area contributed by atoms with Gasteiger partial charge >= 0.3 is 0 Å². The summed E-state index contributed by atoms with van der Waals surface area (Å²) >= 11 is 1.57. The van der Waals surface area contributed by atoms with E-state index in [4.69, 9.17) is 9.47 Å². The zero-order valence-electron chi connectivity index (χ0n) is 21.0. The molecule has 36 heavy (non-hydrogen) atoms. The number of phenolic OH excluding ortho intramolecular Hbond substituents is 2. The number of aromatic hydroxyl groups is 2. The van der Waals surface area contributed by atoms with Gasteiger partial charge in [-0.3, -0.25) is 0 Å². The third kappa shape index (κ3) is 4.71. The molecule has 6 heteroatoms. The molecule has 186 valence electrons. The molecule has 0 spiro atoms. The average Bonchev–Trinajstić information content (AvgIpc) is 3.39. The molecule has 0 fully saturated rings. The van der Waals surface area contributed by atoms with Crippen molar-refractivity contribution in [2.45, 2.75) is 34.3 Å². The quantitative estimate of drug-likeness (QED) is 0.276. The minimum Gasteiger partial charge on any atom is -0.508 e. The van der Waals surface area contributed by atoms with Gasteiger partial charge in [-0.25, -0.2) is 4.98 Å². The van der Waals surface area contributed by atoms with Crippen molar-refractivity contribution in [1.82, 2.24) is 4.98 Å². The summed E-state index contributed by atoms with van der Waals surface area (Å²) in [5.74, 6) is 1.24. The van der Waals surface area contributed by atoms with Crippen LogP contribution in [0.15, 0.2) is 72.3 Å². The topological polar surface area (TPSA) is 71.8 Å². The van der Waals surface area contributed by atoms with Gasteiger partial charge in [0.25, 0.3) is 0 Å². The molecule has 0 bridgehead atoms.